The molecule has 0 bridgehead atoms. The van der Waals surface area contributed by atoms with Crippen LogP contribution < -0.4 is 30.7 Å². The molecule has 0 amide bonds. The lowest BCUT2D eigenvalue weighted by Gasteiger charge is -2.23. The van der Waals surface area contributed by atoms with E-state index in [1.165, 1.54) is 6.33 Å². The van der Waals surface area contributed by atoms with Gasteiger partial charge in [-0.25, -0.2) is 9.97 Å². The molecule has 0 spiro atoms. The summed E-state index contributed by atoms with van der Waals surface area (Å²) in [6.07, 6.45) is 8.00. The van der Waals surface area contributed by atoms with Crippen molar-refractivity contribution in [3.8, 4) is 23.8 Å². The molecule has 1 aliphatic rings. The summed E-state index contributed by atoms with van der Waals surface area (Å²) in [5.74, 6) is 4.67. The van der Waals surface area contributed by atoms with Crippen LogP contribution in [-0.2, 0) is 0 Å². The van der Waals surface area contributed by atoms with Gasteiger partial charge in [-0.3, -0.25) is 0 Å². The number of nitrogens with one attached hydrogen (secondary N) is 4. The van der Waals surface area contributed by atoms with Crippen molar-refractivity contribution in [3.63, 3.8) is 0 Å². The zero-order valence-corrected chi connectivity index (χ0v) is 21.6. The standard InChI is InChI=1S/C28H37N7O2/c1-3-22-6-4-7-23(18-22)34-28-24-19-27(26(36-2)20-25(24)32-21-33-28)37-17-5-14-35-15-12-30-10-8-29-9-11-31-13-16-35/h1,4,6-7,18-21,29-31H,5,8-17H2,2H3,(H,32,33,34). The summed E-state index contributed by atoms with van der Waals surface area (Å²) < 4.78 is 11.8. The monoisotopic (exact) mass is 503 g/mol. The van der Waals surface area contributed by atoms with Gasteiger partial charge >= 0.3 is 0 Å². The van der Waals surface area contributed by atoms with Crippen LogP contribution in [0.25, 0.3) is 10.9 Å². The summed E-state index contributed by atoms with van der Waals surface area (Å²) in [6, 6.07) is 11.5. The van der Waals surface area contributed by atoms with Crippen LogP contribution >= 0.6 is 0 Å². The Balaban J connectivity index is 1.40. The van der Waals surface area contributed by atoms with Gasteiger partial charge in [-0.15, -0.1) is 6.42 Å². The molecule has 3 aromatic rings. The predicted octanol–water partition coefficient (Wildman–Crippen LogP) is 2.22. The minimum Gasteiger partial charge on any atom is -0.493 e. The van der Waals surface area contributed by atoms with E-state index >= 15 is 0 Å². The van der Waals surface area contributed by atoms with Crippen molar-refractivity contribution in [1.82, 2.24) is 30.8 Å². The second-order valence-corrected chi connectivity index (χ2v) is 8.89. The Morgan fingerprint density at radius 3 is 2.46 bits per heavy atom. The van der Waals surface area contributed by atoms with E-state index in [0.717, 1.165) is 87.5 Å². The van der Waals surface area contributed by atoms with Crippen LogP contribution in [0.3, 0.4) is 0 Å². The van der Waals surface area contributed by atoms with Gasteiger partial charge in [0, 0.05) is 81.6 Å². The number of hydrogen-bond acceptors (Lipinski definition) is 9. The third-order valence-electron chi connectivity index (χ3n) is 6.26. The zero-order valence-electron chi connectivity index (χ0n) is 21.6. The molecular formula is C28H37N7O2. The van der Waals surface area contributed by atoms with Crippen LogP contribution in [0, 0.1) is 12.3 Å². The number of hydrogen-bond donors (Lipinski definition) is 4. The highest BCUT2D eigenvalue weighted by molar-refractivity contribution is 5.93. The molecule has 196 valence electrons. The van der Waals surface area contributed by atoms with E-state index in [4.69, 9.17) is 15.9 Å². The van der Waals surface area contributed by atoms with Crippen molar-refractivity contribution < 1.29 is 9.47 Å². The van der Waals surface area contributed by atoms with Gasteiger partial charge in [0.25, 0.3) is 0 Å². The summed E-state index contributed by atoms with van der Waals surface area (Å²) in [5.41, 5.74) is 2.43. The minimum atomic E-state index is 0.587. The average Bonchev–Trinajstić information content (AvgIpc) is 2.92. The first kappa shape index (κ1) is 26.6. The van der Waals surface area contributed by atoms with Crippen molar-refractivity contribution in [3.05, 3.63) is 48.3 Å². The zero-order chi connectivity index (χ0) is 25.7. The predicted molar refractivity (Wildman–Crippen MR) is 149 cm³/mol. The molecule has 2 aromatic carbocycles. The third-order valence-corrected chi connectivity index (χ3v) is 6.26. The van der Waals surface area contributed by atoms with Gasteiger partial charge < -0.3 is 35.6 Å². The molecule has 0 unspecified atom stereocenters. The lowest BCUT2D eigenvalue weighted by atomic mass is 10.2. The first-order chi connectivity index (χ1) is 18.3. The molecule has 9 nitrogen and oxygen atoms in total. The lowest BCUT2D eigenvalue weighted by Crippen LogP contribution is -2.42. The summed E-state index contributed by atoms with van der Waals surface area (Å²) in [6.45, 7) is 9.57. The molecule has 37 heavy (non-hydrogen) atoms. The highest BCUT2D eigenvalue weighted by atomic mass is 16.5. The van der Waals surface area contributed by atoms with Crippen LogP contribution in [0.5, 0.6) is 11.5 Å². The Labute approximate surface area is 219 Å². The Morgan fingerprint density at radius 2 is 1.73 bits per heavy atom. The molecule has 0 atom stereocenters. The Bertz CT molecular complexity index is 1170. The smallest absolute Gasteiger partial charge is 0.162 e. The van der Waals surface area contributed by atoms with Gasteiger partial charge in [0.1, 0.15) is 12.1 Å². The van der Waals surface area contributed by atoms with Gasteiger partial charge in [-0.1, -0.05) is 12.0 Å². The van der Waals surface area contributed by atoms with E-state index < -0.39 is 0 Å². The Kier molecular flexibility index (Phi) is 10.3. The summed E-state index contributed by atoms with van der Waals surface area (Å²) >= 11 is 0. The molecular weight excluding hydrogens is 466 g/mol. The van der Waals surface area contributed by atoms with Crippen molar-refractivity contribution >= 4 is 22.4 Å². The number of rotatable bonds is 8. The van der Waals surface area contributed by atoms with Crippen LogP contribution in [0.1, 0.15) is 12.0 Å². The van der Waals surface area contributed by atoms with Crippen LogP contribution in [-0.4, -0.2) is 87.5 Å². The SMILES string of the molecule is C#Cc1cccc(Nc2ncnc3cc(OC)c(OCCCN4CCNCCNCCNCC4)cc23)c1. The van der Waals surface area contributed by atoms with E-state index in [0.29, 0.717) is 23.9 Å². The molecule has 1 aliphatic heterocycles. The highest BCUT2D eigenvalue weighted by Crippen LogP contribution is 2.34. The molecule has 1 saturated heterocycles. The van der Waals surface area contributed by atoms with E-state index in [1.54, 1.807) is 7.11 Å². The van der Waals surface area contributed by atoms with Crippen molar-refractivity contribution in [2.24, 2.45) is 0 Å². The molecule has 2 heterocycles. The quantitative estimate of drug-likeness (QED) is 0.273. The molecule has 4 rings (SSSR count). The number of methoxy groups -OCH3 is 1. The second-order valence-electron chi connectivity index (χ2n) is 8.89. The van der Waals surface area contributed by atoms with Crippen molar-refractivity contribution in [1.29, 1.82) is 0 Å². The number of aromatic nitrogens is 2. The number of terminal acetylenes is 1. The van der Waals surface area contributed by atoms with E-state index in [9.17, 15) is 0 Å². The normalized spacial score (nSPS) is 15.8. The maximum atomic E-state index is 6.21. The average molecular weight is 504 g/mol. The molecule has 4 N–H and O–H groups in total. The summed E-state index contributed by atoms with van der Waals surface area (Å²) in [4.78, 5) is 11.4. The lowest BCUT2D eigenvalue weighted by molar-refractivity contribution is 0.229. The van der Waals surface area contributed by atoms with Crippen molar-refractivity contribution in [2.45, 2.75) is 6.42 Å². The maximum Gasteiger partial charge on any atom is 0.162 e. The number of ether oxygens (including phenoxy) is 2. The van der Waals surface area contributed by atoms with Crippen LogP contribution in [0.15, 0.2) is 42.7 Å². The number of anilines is 2. The topological polar surface area (TPSA) is 95.6 Å². The molecule has 9 heteroatoms. The van der Waals surface area contributed by atoms with Gasteiger partial charge in [-0.05, 0) is 30.7 Å². The van der Waals surface area contributed by atoms with Crippen molar-refractivity contribution in [2.75, 3.05) is 77.9 Å². The fraction of sp³-hybridized carbons (Fsp3) is 0.429. The third kappa shape index (κ3) is 8.03. The molecule has 1 aromatic heterocycles. The fourth-order valence-electron chi connectivity index (χ4n) is 4.27. The Hall–Kier alpha value is -3.42. The Morgan fingerprint density at radius 1 is 0.973 bits per heavy atom. The highest BCUT2D eigenvalue weighted by Gasteiger charge is 2.13. The van der Waals surface area contributed by atoms with Crippen LogP contribution in [0.4, 0.5) is 11.5 Å². The summed E-state index contributed by atoms with van der Waals surface area (Å²) in [7, 11) is 1.64. The molecule has 0 saturated carbocycles. The van der Waals surface area contributed by atoms with Gasteiger partial charge in [0.15, 0.2) is 11.5 Å². The summed E-state index contributed by atoms with van der Waals surface area (Å²) in [5, 5.41) is 14.7. The molecule has 1 fully saturated rings. The first-order valence-corrected chi connectivity index (χ1v) is 12.9. The number of nitrogens with zero attached hydrogens (tertiary/aromatic N) is 3. The largest absolute Gasteiger partial charge is 0.493 e. The minimum absolute atomic E-state index is 0.587. The first-order valence-electron chi connectivity index (χ1n) is 12.9. The van der Waals surface area contributed by atoms with E-state index in [2.05, 4.69) is 42.1 Å². The van der Waals surface area contributed by atoms with Crippen LogP contribution in [0.2, 0.25) is 0 Å². The molecule has 0 radical (unpaired) electrons. The van der Waals surface area contributed by atoms with E-state index in [1.807, 2.05) is 36.4 Å². The molecule has 0 aliphatic carbocycles. The van der Waals surface area contributed by atoms with Gasteiger partial charge in [0.2, 0.25) is 0 Å². The van der Waals surface area contributed by atoms with Gasteiger partial charge in [-0.2, -0.15) is 0 Å². The maximum absolute atomic E-state index is 6.21. The number of benzene rings is 2. The second kappa shape index (κ2) is 14.4. The van der Waals surface area contributed by atoms with Gasteiger partial charge in [0.05, 0.1) is 19.2 Å². The van der Waals surface area contributed by atoms with E-state index in [-0.39, 0.29) is 0 Å². The fourth-order valence-corrected chi connectivity index (χ4v) is 4.27. The number of fused-ring (bicyclic) bond motifs is 1.